The van der Waals surface area contributed by atoms with Gasteiger partial charge in [0.05, 0.1) is 5.56 Å². The Kier molecular flexibility index (Phi) is 6.49. The number of anilines is 1. The second-order valence-electron chi connectivity index (χ2n) is 10.8. The van der Waals surface area contributed by atoms with Gasteiger partial charge >= 0.3 is 0 Å². The number of benzene rings is 1. The summed E-state index contributed by atoms with van der Waals surface area (Å²) in [5.74, 6) is 1.23. The number of hydrogen-bond donors (Lipinski definition) is 1. The Balaban J connectivity index is 1.68. The van der Waals surface area contributed by atoms with E-state index in [1.807, 2.05) is 36.1 Å². The van der Waals surface area contributed by atoms with Crippen LogP contribution in [0.5, 0.6) is 0 Å². The quantitative estimate of drug-likeness (QED) is 0.591. The van der Waals surface area contributed by atoms with E-state index in [0.717, 1.165) is 61.3 Å². The van der Waals surface area contributed by atoms with E-state index < -0.39 is 0 Å². The number of likely N-dealkylation sites (tertiary alicyclic amines) is 1. The van der Waals surface area contributed by atoms with E-state index in [2.05, 4.69) is 33.0 Å². The van der Waals surface area contributed by atoms with Crippen LogP contribution in [0.4, 0.5) is 5.00 Å². The van der Waals surface area contributed by atoms with Crippen molar-refractivity contribution in [1.82, 2.24) is 4.90 Å². The van der Waals surface area contributed by atoms with Crippen molar-refractivity contribution in [2.45, 2.75) is 66.7 Å². The molecule has 2 amide bonds. The molecule has 4 rings (SSSR count). The summed E-state index contributed by atoms with van der Waals surface area (Å²) in [4.78, 5) is 30.1. The summed E-state index contributed by atoms with van der Waals surface area (Å²) in [5.41, 5.74) is 3.78. The first kappa shape index (κ1) is 23.0. The summed E-state index contributed by atoms with van der Waals surface area (Å²) >= 11 is 1.62. The van der Waals surface area contributed by atoms with Gasteiger partial charge in [-0.2, -0.15) is 0 Å². The van der Waals surface area contributed by atoms with Gasteiger partial charge in [0.25, 0.3) is 11.8 Å². The van der Waals surface area contributed by atoms with Gasteiger partial charge in [0.15, 0.2) is 0 Å². The number of hydrogen-bond acceptors (Lipinski definition) is 3. The summed E-state index contributed by atoms with van der Waals surface area (Å²) in [6.45, 7) is 12.7. The fraction of sp³-hybridized carbons (Fsp3) is 0.556. The maximum absolute atomic E-state index is 13.7. The predicted molar refractivity (Wildman–Crippen MR) is 133 cm³/mol. The maximum atomic E-state index is 13.7. The first-order chi connectivity index (χ1) is 15.1. The number of nitrogens with zero attached hydrogens (tertiary/aromatic N) is 1. The zero-order valence-corrected chi connectivity index (χ0v) is 20.9. The van der Waals surface area contributed by atoms with Gasteiger partial charge in [-0.05, 0) is 73.5 Å². The van der Waals surface area contributed by atoms with Crippen molar-refractivity contribution in [2.75, 3.05) is 18.4 Å². The van der Waals surface area contributed by atoms with Crippen LogP contribution in [-0.4, -0.2) is 29.8 Å². The van der Waals surface area contributed by atoms with E-state index in [9.17, 15) is 9.59 Å². The molecule has 172 valence electrons. The lowest BCUT2D eigenvalue weighted by Crippen LogP contribution is -2.38. The minimum absolute atomic E-state index is 0.101. The van der Waals surface area contributed by atoms with Crippen molar-refractivity contribution in [3.63, 3.8) is 0 Å². The number of carbonyl (C=O) groups excluding carboxylic acids is 2. The molecule has 1 N–H and O–H groups in total. The molecule has 2 heterocycles. The molecule has 1 fully saturated rings. The molecule has 2 aliphatic rings. The number of nitrogens with one attached hydrogen (secondary N) is 1. The maximum Gasteiger partial charge on any atom is 0.257 e. The van der Waals surface area contributed by atoms with Gasteiger partial charge in [0.1, 0.15) is 5.00 Å². The highest BCUT2D eigenvalue weighted by Crippen LogP contribution is 2.45. The number of thiophene rings is 1. The molecule has 1 unspecified atom stereocenters. The van der Waals surface area contributed by atoms with Crippen molar-refractivity contribution in [3.8, 4) is 0 Å². The average molecular weight is 453 g/mol. The summed E-state index contributed by atoms with van der Waals surface area (Å²) < 4.78 is 0. The Morgan fingerprint density at radius 2 is 1.78 bits per heavy atom. The fourth-order valence-corrected chi connectivity index (χ4v) is 6.32. The van der Waals surface area contributed by atoms with Crippen LogP contribution in [0, 0.1) is 24.2 Å². The molecule has 1 atom stereocenters. The summed E-state index contributed by atoms with van der Waals surface area (Å²) in [6.07, 6.45) is 5.10. The molecule has 0 radical (unpaired) electrons. The van der Waals surface area contributed by atoms with Crippen molar-refractivity contribution in [1.29, 1.82) is 0 Å². The van der Waals surface area contributed by atoms with Crippen molar-refractivity contribution in [3.05, 3.63) is 51.4 Å². The third kappa shape index (κ3) is 4.63. The zero-order chi connectivity index (χ0) is 23.0. The van der Waals surface area contributed by atoms with Gasteiger partial charge in [-0.1, -0.05) is 45.9 Å². The normalized spacial score (nSPS) is 19.5. The molecule has 0 bridgehead atoms. The van der Waals surface area contributed by atoms with E-state index >= 15 is 0 Å². The lowest BCUT2D eigenvalue weighted by Gasteiger charge is -2.34. The van der Waals surface area contributed by atoms with E-state index in [1.165, 1.54) is 10.4 Å². The molecule has 1 aliphatic heterocycles. The van der Waals surface area contributed by atoms with Crippen LogP contribution < -0.4 is 5.32 Å². The minimum atomic E-state index is -0.129. The van der Waals surface area contributed by atoms with E-state index in [4.69, 9.17) is 0 Å². The smallest absolute Gasteiger partial charge is 0.257 e. The molecule has 2 aromatic rings. The fourth-order valence-electron chi connectivity index (χ4n) is 5.01. The molecular formula is C27H36N2O2S. The van der Waals surface area contributed by atoms with Crippen LogP contribution in [0.15, 0.2) is 24.3 Å². The van der Waals surface area contributed by atoms with Gasteiger partial charge in [-0.25, -0.2) is 0 Å². The standard InChI is InChI=1S/C27H36N2O2S/c1-17-12-14-29(15-13-17)26(31)23-21-11-10-19(27(3,4)5)16-22(21)32-25(23)28-24(30)20-9-7-6-8-18(20)2/h6-9,17,19H,10-16H2,1-5H3,(H,28,30). The SMILES string of the molecule is Cc1ccccc1C(=O)Nc1sc2c(c1C(=O)N1CCC(C)CC1)CCC(C(C)(C)C)C2. The molecular weight excluding hydrogens is 416 g/mol. The number of fused-ring (bicyclic) bond motifs is 1. The largest absolute Gasteiger partial charge is 0.339 e. The van der Waals surface area contributed by atoms with Crippen LogP contribution in [0.3, 0.4) is 0 Å². The Morgan fingerprint density at radius 1 is 1.09 bits per heavy atom. The first-order valence-electron chi connectivity index (χ1n) is 12.0. The van der Waals surface area contributed by atoms with Gasteiger partial charge in [-0.15, -0.1) is 11.3 Å². The molecule has 1 saturated heterocycles. The topological polar surface area (TPSA) is 49.4 Å². The highest BCUT2D eigenvalue weighted by atomic mass is 32.1. The number of carbonyl (C=O) groups is 2. The van der Waals surface area contributed by atoms with Crippen LogP contribution in [0.25, 0.3) is 0 Å². The molecule has 32 heavy (non-hydrogen) atoms. The third-order valence-electron chi connectivity index (χ3n) is 7.39. The minimum Gasteiger partial charge on any atom is -0.339 e. The molecule has 0 spiro atoms. The molecule has 0 saturated carbocycles. The van der Waals surface area contributed by atoms with E-state index in [-0.39, 0.29) is 17.2 Å². The highest BCUT2D eigenvalue weighted by Gasteiger charge is 2.35. The molecule has 4 nitrogen and oxygen atoms in total. The zero-order valence-electron chi connectivity index (χ0n) is 20.1. The highest BCUT2D eigenvalue weighted by molar-refractivity contribution is 7.17. The van der Waals surface area contributed by atoms with Gasteiger partial charge in [-0.3, -0.25) is 9.59 Å². The number of piperidine rings is 1. The summed E-state index contributed by atoms with van der Waals surface area (Å²) in [5, 5.41) is 3.88. The van der Waals surface area contributed by atoms with Gasteiger partial charge < -0.3 is 10.2 Å². The van der Waals surface area contributed by atoms with Crippen LogP contribution in [-0.2, 0) is 12.8 Å². The van der Waals surface area contributed by atoms with Gasteiger partial charge in [0, 0.05) is 23.5 Å². The Labute approximate surface area is 196 Å². The predicted octanol–water partition coefficient (Wildman–Crippen LogP) is 6.33. The number of rotatable bonds is 3. The van der Waals surface area contributed by atoms with Crippen molar-refractivity contribution >= 4 is 28.2 Å². The Morgan fingerprint density at radius 3 is 2.44 bits per heavy atom. The molecule has 1 aliphatic carbocycles. The number of amides is 2. The van der Waals surface area contributed by atoms with Crippen LogP contribution in [0.2, 0.25) is 0 Å². The number of aryl methyl sites for hydroxylation is 1. The first-order valence-corrected chi connectivity index (χ1v) is 12.8. The summed E-state index contributed by atoms with van der Waals surface area (Å²) in [7, 11) is 0. The van der Waals surface area contributed by atoms with Crippen LogP contribution in [0.1, 0.15) is 83.7 Å². The molecule has 5 heteroatoms. The Hall–Kier alpha value is -2.14. The average Bonchev–Trinajstić information content (AvgIpc) is 3.10. The molecule has 1 aromatic carbocycles. The third-order valence-corrected chi connectivity index (χ3v) is 8.56. The van der Waals surface area contributed by atoms with Crippen LogP contribution >= 0.6 is 11.3 Å². The lowest BCUT2D eigenvalue weighted by molar-refractivity contribution is 0.0697. The summed E-state index contributed by atoms with van der Waals surface area (Å²) in [6, 6.07) is 7.62. The van der Waals surface area contributed by atoms with E-state index in [0.29, 0.717) is 17.4 Å². The monoisotopic (exact) mass is 452 g/mol. The Bertz CT molecular complexity index is 1010. The second kappa shape index (κ2) is 9.01. The second-order valence-corrected chi connectivity index (χ2v) is 11.9. The van der Waals surface area contributed by atoms with Crippen molar-refractivity contribution < 1.29 is 9.59 Å². The van der Waals surface area contributed by atoms with Crippen molar-refractivity contribution in [2.24, 2.45) is 17.3 Å². The lowest BCUT2D eigenvalue weighted by atomic mass is 9.72. The van der Waals surface area contributed by atoms with E-state index in [1.54, 1.807) is 11.3 Å². The molecule has 1 aromatic heterocycles. The van der Waals surface area contributed by atoms with Gasteiger partial charge in [0.2, 0.25) is 0 Å².